The van der Waals surface area contributed by atoms with Gasteiger partial charge < -0.3 is 15.6 Å². The van der Waals surface area contributed by atoms with Gasteiger partial charge in [-0.25, -0.2) is 4.39 Å². The predicted octanol–water partition coefficient (Wildman–Crippen LogP) is 1.26. The summed E-state index contributed by atoms with van der Waals surface area (Å²) in [5, 5.41) is 8.75. The summed E-state index contributed by atoms with van der Waals surface area (Å²) in [5.41, 5.74) is 7.65. The molecule has 1 aliphatic rings. The van der Waals surface area contributed by atoms with Crippen LogP contribution >= 0.6 is 0 Å². The Balaban J connectivity index is 1.86. The van der Waals surface area contributed by atoms with Crippen molar-refractivity contribution in [2.75, 3.05) is 26.3 Å². The molecule has 1 fully saturated rings. The molecule has 0 aromatic heterocycles. The summed E-state index contributed by atoms with van der Waals surface area (Å²) in [5.74, 6) is -0.231. The van der Waals surface area contributed by atoms with Crippen molar-refractivity contribution in [1.29, 1.82) is 0 Å². The van der Waals surface area contributed by atoms with Crippen molar-refractivity contribution in [2.45, 2.75) is 32.0 Å². The third kappa shape index (κ3) is 4.24. The monoisotopic (exact) mass is 282 g/mol. The molecule has 0 aliphatic carbocycles. The molecule has 0 spiro atoms. The molecule has 5 heteroatoms. The molecule has 0 amide bonds. The van der Waals surface area contributed by atoms with E-state index >= 15 is 0 Å². The van der Waals surface area contributed by atoms with Crippen LogP contribution in [0, 0.1) is 5.82 Å². The number of aliphatic hydroxyl groups is 1. The standard InChI is InChI=1S/C15H23FN2O2/c16-14-2-1-12(13(9-14)10-17)11-18-5-3-15(4-6-18)20-8-7-19/h1-2,9,15,19H,3-8,10-11,17H2. The second kappa shape index (κ2) is 7.69. The van der Waals surface area contributed by atoms with Crippen molar-refractivity contribution in [3.63, 3.8) is 0 Å². The minimum absolute atomic E-state index is 0.0790. The highest BCUT2D eigenvalue weighted by Gasteiger charge is 2.20. The number of ether oxygens (including phenoxy) is 1. The van der Waals surface area contributed by atoms with Gasteiger partial charge in [0.25, 0.3) is 0 Å². The Morgan fingerprint density at radius 3 is 2.70 bits per heavy atom. The number of halogens is 1. The predicted molar refractivity (Wildman–Crippen MR) is 75.6 cm³/mol. The molecule has 112 valence electrons. The molecule has 4 nitrogen and oxygen atoms in total. The second-order valence-electron chi connectivity index (χ2n) is 5.19. The van der Waals surface area contributed by atoms with Crippen LogP contribution in [0.3, 0.4) is 0 Å². The Labute approximate surface area is 119 Å². The van der Waals surface area contributed by atoms with Crippen LogP contribution < -0.4 is 5.73 Å². The maximum atomic E-state index is 13.2. The van der Waals surface area contributed by atoms with Gasteiger partial charge in [-0.2, -0.15) is 0 Å². The summed E-state index contributed by atoms with van der Waals surface area (Å²) < 4.78 is 18.7. The zero-order chi connectivity index (χ0) is 14.4. The summed E-state index contributed by atoms with van der Waals surface area (Å²) in [4.78, 5) is 2.34. The first kappa shape index (κ1) is 15.4. The van der Waals surface area contributed by atoms with Crippen LogP contribution in [0.4, 0.5) is 4.39 Å². The molecule has 1 saturated heterocycles. The van der Waals surface area contributed by atoms with Crippen molar-refractivity contribution in [3.05, 3.63) is 35.1 Å². The number of rotatable bonds is 6. The Morgan fingerprint density at radius 2 is 2.05 bits per heavy atom. The van der Waals surface area contributed by atoms with Gasteiger partial charge in [-0.1, -0.05) is 6.07 Å². The molecule has 0 saturated carbocycles. The summed E-state index contributed by atoms with van der Waals surface area (Å²) in [6, 6.07) is 4.84. The average molecular weight is 282 g/mol. The topological polar surface area (TPSA) is 58.7 Å². The molecule has 1 aromatic rings. The van der Waals surface area contributed by atoms with Crippen molar-refractivity contribution in [3.8, 4) is 0 Å². The molecule has 1 heterocycles. The number of benzene rings is 1. The second-order valence-corrected chi connectivity index (χ2v) is 5.19. The average Bonchev–Trinajstić information content (AvgIpc) is 2.48. The highest BCUT2D eigenvalue weighted by atomic mass is 19.1. The fourth-order valence-corrected chi connectivity index (χ4v) is 2.63. The van der Waals surface area contributed by atoms with Gasteiger partial charge in [0.15, 0.2) is 0 Å². The number of hydrogen-bond acceptors (Lipinski definition) is 4. The molecule has 0 atom stereocenters. The smallest absolute Gasteiger partial charge is 0.123 e. The van der Waals surface area contributed by atoms with E-state index < -0.39 is 0 Å². The summed E-state index contributed by atoms with van der Waals surface area (Å²) in [7, 11) is 0. The third-order valence-corrected chi connectivity index (χ3v) is 3.76. The lowest BCUT2D eigenvalue weighted by atomic mass is 10.0. The maximum Gasteiger partial charge on any atom is 0.123 e. The highest BCUT2D eigenvalue weighted by Crippen LogP contribution is 2.18. The third-order valence-electron chi connectivity index (χ3n) is 3.76. The lowest BCUT2D eigenvalue weighted by molar-refractivity contribution is -0.00904. The van der Waals surface area contributed by atoms with E-state index in [-0.39, 0.29) is 18.5 Å². The zero-order valence-electron chi connectivity index (χ0n) is 11.7. The van der Waals surface area contributed by atoms with Crippen molar-refractivity contribution in [1.82, 2.24) is 4.90 Å². The van der Waals surface area contributed by atoms with E-state index in [0.29, 0.717) is 13.2 Å². The van der Waals surface area contributed by atoms with Gasteiger partial charge in [0, 0.05) is 26.2 Å². The number of likely N-dealkylation sites (tertiary alicyclic amines) is 1. The highest BCUT2D eigenvalue weighted by molar-refractivity contribution is 5.27. The fourth-order valence-electron chi connectivity index (χ4n) is 2.63. The molecular formula is C15H23FN2O2. The summed E-state index contributed by atoms with van der Waals surface area (Å²) in [6.45, 7) is 3.58. The molecule has 20 heavy (non-hydrogen) atoms. The Bertz CT molecular complexity index is 420. The van der Waals surface area contributed by atoms with Crippen molar-refractivity contribution < 1.29 is 14.2 Å². The molecule has 3 N–H and O–H groups in total. The molecule has 2 rings (SSSR count). The van der Waals surface area contributed by atoms with E-state index in [0.717, 1.165) is 43.6 Å². The summed E-state index contributed by atoms with van der Waals surface area (Å²) in [6.07, 6.45) is 2.19. The van der Waals surface area contributed by atoms with Crippen LogP contribution in [0.5, 0.6) is 0 Å². The van der Waals surface area contributed by atoms with E-state index in [1.165, 1.54) is 12.1 Å². The molecular weight excluding hydrogens is 259 g/mol. The molecule has 1 aliphatic heterocycles. The molecule has 0 unspecified atom stereocenters. The molecule has 1 aromatic carbocycles. The SMILES string of the molecule is NCc1cc(F)ccc1CN1CCC(OCCO)CC1. The van der Waals surface area contributed by atoms with Gasteiger partial charge in [-0.3, -0.25) is 4.90 Å². The van der Waals surface area contributed by atoms with Gasteiger partial charge in [0.05, 0.1) is 19.3 Å². The summed E-state index contributed by atoms with van der Waals surface area (Å²) >= 11 is 0. The van der Waals surface area contributed by atoms with Crippen LogP contribution in [-0.2, 0) is 17.8 Å². The lowest BCUT2D eigenvalue weighted by Crippen LogP contribution is -2.37. The largest absolute Gasteiger partial charge is 0.394 e. The number of nitrogens with zero attached hydrogens (tertiary/aromatic N) is 1. The number of aliphatic hydroxyl groups excluding tert-OH is 1. The first-order chi connectivity index (χ1) is 9.72. The van der Waals surface area contributed by atoms with Crippen molar-refractivity contribution >= 4 is 0 Å². The van der Waals surface area contributed by atoms with E-state index in [4.69, 9.17) is 15.6 Å². The maximum absolute atomic E-state index is 13.2. The van der Waals surface area contributed by atoms with E-state index in [9.17, 15) is 4.39 Å². The number of piperidine rings is 1. The van der Waals surface area contributed by atoms with Gasteiger partial charge in [0.1, 0.15) is 5.82 Å². The van der Waals surface area contributed by atoms with Crippen LogP contribution in [0.25, 0.3) is 0 Å². The number of nitrogens with two attached hydrogens (primary N) is 1. The minimum atomic E-state index is -0.231. The van der Waals surface area contributed by atoms with Crippen LogP contribution in [0.1, 0.15) is 24.0 Å². The molecule has 0 radical (unpaired) electrons. The zero-order valence-corrected chi connectivity index (χ0v) is 11.7. The first-order valence-electron chi connectivity index (χ1n) is 7.15. The van der Waals surface area contributed by atoms with Gasteiger partial charge in [-0.05, 0) is 36.1 Å². The van der Waals surface area contributed by atoms with Crippen LogP contribution in [-0.4, -0.2) is 42.4 Å². The Kier molecular flexibility index (Phi) is 5.91. The van der Waals surface area contributed by atoms with E-state index in [1.807, 2.05) is 6.07 Å². The van der Waals surface area contributed by atoms with Gasteiger partial charge in [-0.15, -0.1) is 0 Å². The minimum Gasteiger partial charge on any atom is -0.394 e. The fraction of sp³-hybridized carbons (Fsp3) is 0.600. The van der Waals surface area contributed by atoms with Gasteiger partial charge >= 0.3 is 0 Å². The Morgan fingerprint density at radius 1 is 1.30 bits per heavy atom. The van der Waals surface area contributed by atoms with Gasteiger partial charge in [0.2, 0.25) is 0 Å². The van der Waals surface area contributed by atoms with E-state index in [1.54, 1.807) is 0 Å². The normalized spacial score (nSPS) is 17.6. The molecule has 0 bridgehead atoms. The number of hydrogen-bond donors (Lipinski definition) is 2. The van der Waals surface area contributed by atoms with E-state index in [2.05, 4.69) is 4.90 Å². The first-order valence-corrected chi connectivity index (χ1v) is 7.15. The quantitative estimate of drug-likeness (QED) is 0.824. The Hall–Kier alpha value is -1.01. The van der Waals surface area contributed by atoms with Crippen LogP contribution in [0.2, 0.25) is 0 Å². The van der Waals surface area contributed by atoms with Crippen LogP contribution in [0.15, 0.2) is 18.2 Å². The lowest BCUT2D eigenvalue weighted by Gasteiger charge is -2.32. The van der Waals surface area contributed by atoms with Crippen molar-refractivity contribution in [2.24, 2.45) is 5.73 Å².